The number of thioether (sulfide) groups is 1. The second-order valence-corrected chi connectivity index (χ2v) is 6.19. The SMILES string of the molecule is Cc1cccc(NC(=O)CSCc2c(C)noc2C)c1C(N)=O. The molecule has 0 aliphatic carbocycles. The molecule has 0 aliphatic heterocycles. The van der Waals surface area contributed by atoms with E-state index < -0.39 is 5.91 Å². The third kappa shape index (κ3) is 4.13. The summed E-state index contributed by atoms with van der Waals surface area (Å²) >= 11 is 1.46. The minimum Gasteiger partial charge on any atom is -0.366 e. The smallest absolute Gasteiger partial charge is 0.251 e. The Labute approximate surface area is 138 Å². The topological polar surface area (TPSA) is 98.2 Å². The number of hydrogen-bond acceptors (Lipinski definition) is 5. The molecule has 0 bridgehead atoms. The van der Waals surface area contributed by atoms with Crippen molar-refractivity contribution in [1.82, 2.24) is 5.16 Å². The Bertz CT molecular complexity index is 721. The van der Waals surface area contributed by atoms with Gasteiger partial charge in [0.15, 0.2) is 0 Å². The maximum absolute atomic E-state index is 12.1. The number of primary amides is 1. The van der Waals surface area contributed by atoms with Crippen LogP contribution in [-0.2, 0) is 10.5 Å². The number of carbonyl (C=O) groups excluding carboxylic acids is 2. The lowest BCUT2D eigenvalue weighted by Gasteiger charge is -2.11. The van der Waals surface area contributed by atoms with Crippen molar-refractivity contribution in [3.05, 3.63) is 46.3 Å². The van der Waals surface area contributed by atoms with Gasteiger partial charge in [-0.1, -0.05) is 17.3 Å². The highest BCUT2D eigenvalue weighted by Gasteiger charge is 2.14. The summed E-state index contributed by atoms with van der Waals surface area (Å²) in [6, 6.07) is 5.22. The van der Waals surface area contributed by atoms with Gasteiger partial charge in [0.25, 0.3) is 5.91 Å². The molecule has 0 saturated carbocycles. The fourth-order valence-corrected chi connectivity index (χ4v) is 3.21. The van der Waals surface area contributed by atoms with Crippen molar-refractivity contribution >= 4 is 29.3 Å². The summed E-state index contributed by atoms with van der Waals surface area (Å²) in [5.41, 5.74) is 8.75. The molecule has 0 atom stereocenters. The number of amides is 2. The van der Waals surface area contributed by atoms with Crippen LogP contribution in [0.4, 0.5) is 5.69 Å². The van der Waals surface area contributed by atoms with E-state index in [0.717, 1.165) is 22.6 Å². The molecule has 0 radical (unpaired) electrons. The summed E-state index contributed by atoms with van der Waals surface area (Å²) in [6.07, 6.45) is 0. The molecule has 1 aromatic carbocycles. The Morgan fingerprint density at radius 3 is 2.65 bits per heavy atom. The van der Waals surface area contributed by atoms with Gasteiger partial charge >= 0.3 is 0 Å². The summed E-state index contributed by atoms with van der Waals surface area (Å²) in [6.45, 7) is 5.50. The highest BCUT2D eigenvalue weighted by atomic mass is 32.2. The van der Waals surface area contributed by atoms with Crippen LogP contribution in [0.3, 0.4) is 0 Å². The summed E-state index contributed by atoms with van der Waals surface area (Å²) < 4.78 is 5.09. The van der Waals surface area contributed by atoms with E-state index in [4.69, 9.17) is 10.3 Å². The number of anilines is 1. The van der Waals surface area contributed by atoms with Crippen LogP contribution in [0.1, 0.15) is 32.9 Å². The molecule has 23 heavy (non-hydrogen) atoms. The second-order valence-electron chi connectivity index (χ2n) is 5.21. The van der Waals surface area contributed by atoms with Gasteiger partial charge < -0.3 is 15.6 Å². The first kappa shape index (κ1) is 17.1. The van der Waals surface area contributed by atoms with E-state index in [-0.39, 0.29) is 11.7 Å². The fraction of sp³-hybridized carbons (Fsp3) is 0.312. The zero-order valence-corrected chi connectivity index (χ0v) is 14.1. The van der Waals surface area contributed by atoms with E-state index in [0.29, 0.717) is 17.0 Å². The zero-order chi connectivity index (χ0) is 17.0. The van der Waals surface area contributed by atoms with Gasteiger partial charge in [0.1, 0.15) is 5.76 Å². The Morgan fingerprint density at radius 1 is 1.30 bits per heavy atom. The summed E-state index contributed by atoms with van der Waals surface area (Å²) in [7, 11) is 0. The molecule has 0 aliphatic rings. The van der Waals surface area contributed by atoms with Crippen LogP contribution in [0.5, 0.6) is 0 Å². The molecule has 1 aromatic heterocycles. The third-order valence-electron chi connectivity index (χ3n) is 3.45. The Hall–Kier alpha value is -2.28. The number of aryl methyl sites for hydroxylation is 3. The fourth-order valence-electron chi connectivity index (χ4n) is 2.24. The molecular weight excluding hydrogens is 314 g/mol. The van der Waals surface area contributed by atoms with Gasteiger partial charge in [0, 0.05) is 11.3 Å². The van der Waals surface area contributed by atoms with Gasteiger partial charge in [0.05, 0.1) is 22.7 Å². The monoisotopic (exact) mass is 333 g/mol. The lowest BCUT2D eigenvalue weighted by Crippen LogP contribution is -2.20. The first-order chi connectivity index (χ1) is 10.9. The largest absolute Gasteiger partial charge is 0.366 e. The lowest BCUT2D eigenvalue weighted by atomic mass is 10.1. The van der Waals surface area contributed by atoms with Gasteiger partial charge in [-0.05, 0) is 32.4 Å². The maximum atomic E-state index is 12.1. The van der Waals surface area contributed by atoms with Crippen LogP contribution in [0.25, 0.3) is 0 Å². The van der Waals surface area contributed by atoms with Gasteiger partial charge in [-0.2, -0.15) is 0 Å². The summed E-state index contributed by atoms with van der Waals surface area (Å²) in [5.74, 6) is 0.933. The molecule has 2 amide bonds. The number of nitrogens with zero attached hydrogens (tertiary/aromatic N) is 1. The molecule has 2 aromatic rings. The average Bonchev–Trinajstić information content (AvgIpc) is 2.78. The standard InChI is InChI=1S/C16H19N3O3S/c1-9-5-4-6-13(15(9)16(17)21)18-14(20)8-23-7-12-10(2)19-22-11(12)3/h4-6H,7-8H2,1-3H3,(H2,17,21)(H,18,20). The third-order valence-corrected chi connectivity index (χ3v) is 4.41. The van der Waals surface area contributed by atoms with E-state index >= 15 is 0 Å². The van der Waals surface area contributed by atoms with Crippen molar-refractivity contribution in [2.75, 3.05) is 11.1 Å². The number of nitrogens with two attached hydrogens (primary N) is 1. The van der Waals surface area contributed by atoms with E-state index in [2.05, 4.69) is 10.5 Å². The van der Waals surface area contributed by atoms with Crippen molar-refractivity contribution in [2.24, 2.45) is 5.73 Å². The van der Waals surface area contributed by atoms with Crippen molar-refractivity contribution < 1.29 is 14.1 Å². The van der Waals surface area contributed by atoms with Crippen LogP contribution in [-0.4, -0.2) is 22.7 Å². The van der Waals surface area contributed by atoms with Crippen molar-refractivity contribution in [1.29, 1.82) is 0 Å². The Morgan fingerprint density at radius 2 is 2.04 bits per heavy atom. The number of hydrogen-bond donors (Lipinski definition) is 2. The van der Waals surface area contributed by atoms with Crippen LogP contribution in [0.2, 0.25) is 0 Å². The van der Waals surface area contributed by atoms with E-state index in [1.165, 1.54) is 11.8 Å². The number of benzene rings is 1. The predicted octanol–water partition coefficient (Wildman–Crippen LogP) is 2.57. The van der Waals surface area contributed by atoms with E-state index in [1.54, 1.807) is 25.1 Å². The maximum Gasteiger partial charge on any atom is 0.251 e. The van der Waals surface area contributed by atoms with Crippen LogP contribution < -0.4 is 11.1 Å². The lowest BCUT2D eigenvalue weighted by molar-refractivity contribution is -0.113. The zero-order valence-electron chi connectivity index (χ0n) is 13.3. The van der Waals surface area contributed by atoms with E-state index in [1.807, 2.05) is 13.8 Å². The first-order valence-electron chi connectivity index (χ1n) is 7.09. The van der Waals surface area contributed by atoms with Crippen LogP contribution in [0, 0.1) is 20.8 Å². The van der Waals surface area contributed by atoms with Gasteiger partial charge in [0.2, 0.25) is 5.91 Å². The first-order valence-corrected chi connectivity index (χ1v) is 8.24. The number of nitrogens with one attached hydrogen (secondary N) is 1. The predicted molar refractivity (Wildman–Crippen MR) is 90.5 cm³/mol. The van der Waals surface area contributed by atoms with Gasteiger partial charge in [-0.15, -0.1) is 11.8 Å². The number of carbonyl (C=O) groups is 2. The van der Waals surface area contributed by atoms with E-state index in [9.17, 15) is 9.59 Å². The van der Waals surface area contributed by atoms with Crippen LogP contribution in [0.15, 0.2) is 22.7 Å². The molecule has 1 heterocycles. The molecule has 7 heteroatoms. The summed E-state index contributed by atoms with van der Waals surface area (Å²) in [5, 5.41) is 6.62. The second kappa shape index (κ2) is 7.32. The molecule has 3 N–H and O–H groups in total. The minimum absolute atomic E-state index is 0.185. The molecule has 0 unspecified atom stereocenters. The molecule has 0 spiro atoms. The van der Waals surface area contributed by atoms with Crippen LogP contribution >= 0.6 is 11.8 Å². The highest BCUT2D eigenvalue weighted by Crippen LogP contribution is 2.21. The average molecular weight is 333 g/mol. The molecule has 122 valence electrons. The number of aromatic nitrogens is 1. The molecule has 0 fully saturated rings. The van der Waals surface area contributed by atoms with Crippen molar-refractivity contribution in [3.8, 4) is 0 Å². The van der Waals surface area contributed by atoms with Gasteiger partial charge in [-0.25, -0.2) is 0 Å². The molecular formula is C16H19N3O3S. The molecule has 2 rings (SSSR count). The summed E-state index contributed by atoms with van der Waals surface area (Å²) in [4.78, 5) is 23.6. The highest BCUT2D eigenvalue weighted by molar-refractivity contribution is 7.99. The Kier molecular flexibility index (Phi) is 5.44. The van der Waals surface area contributed by atoms with Gasteiger partial charge in [-0.3, -0.25) is 9.59 Å². The minimum atomic E-state index is -0.554. The normalized spacial score (nSPS) is 10.6. The Balaban J connectivity index is 1.96. The quantitative estimate of drug-likeness (QED) is 0.846. The number of rotatable bonds is 6. The molecule has 0 saturated heterocycles. The molecule has 6 nitrogen and oxygen atoms in total. The van der Waals surface area contributed by atoms with Crippen molar-refractivity contribution in [2.45, 2.75) is 26.5 Å². The van der Waals surface area contributed by atoms with Crippen molar-refractivity contribution in [3.63, 3.8) is 0 Å².